The van der Waals surface area contributed by atoms with Gasteiger partial charge in [0.1, 0.15) is 0 Å². The van der Waals surface area contributed by atoms with Crippen LogP contribution in [0.15, 0.2) is 24.3 Å². The number of rotatable bonds is 5. The van der Waals surface area contributed by atoms with Gasteiger partial charge in [0.25, 0.3) is 5.91 Å². The van der Waals surface area contributed by atoms with Gasteiger partial charge in [0, 0.05) is 36.9 Å². The normalized spacial score (nSPS) is 11.1. The Bertz CT molecular complexity index is 372. The first kappa shape index (κ1) is 13.5. The van der Waals surface area contributed by atoms with Crippen LogP contribution in [0.3, 0.4) is 0 Å². The summed E-state index contributed by atoms with van der Waals surface area (Å²) in [6.45, 7) is 4.79. The van der Waals surface area contributed by atoms with Crippen molar-refractivity contribution in [1.82, 2.24) is 5.32 Å². The monoisotopic (exact) mass is 236 g/mol. The van der Waals surface area contributed by atoms with Gasteiger partial charge in [0.05, 0.1) is 0 Å². The summed E-state index contributed by atoms with van der Waals surface area (Å²) in [5.74, 6) is -0.0905. The fraction of sp³-hybridized carbons (Fsp3) is 0.462. The molecule has 0 radical (unpaired) electrons. The first-order valence-electron chi connectivity index (χ1n) is 5.65. The van der Waals surface area contributed by atoms with Gasteiger partial charge in [-0.1, -0.05) is 13.8 Å². The standard InChI is InChI=1S/C13H20N2O2/c1-13(2,9-16)8-15-11-6-4-10(5-7-11)12(17)14-3/h4-7,15-16H,8-9H2,1-3H3,(H,14,17). The molecule has 0 spiro atoms. The number of aliphatic hydroxyl groups excluding tert-OH is 1. The smallest absolute Gasteiger partial charge is 0.251 e. The quantitative estimate of drug-likeness (QED) is 0.725. The predicted molar refractivity (Wildman–Crippen MR) is 69.2 cm³/mol. The van der Waals surface area contributed by atoms with Gasteiger partial charge in [-0.3, -0.25) is 4.79 Å². The van der Waals surface area contributed by atoms with Gasteiger partial charge in [-0.25, -0.2) is 0 Å². The van der Waals surface area contributed by atoms with Crippen molar-refractivity contribution in [3.8, 4) is 0 Å². The Morgan fingerprint density at radius 3 is 2.35 bits per heavy atom. The first-order chi connectivity index (χ1) is 7.98. The summed E-state index contributed by atoms with van der Waals surface area (Å²) in [5, 5.41) is 14.9. The molecule has 1 aromatic rings. The minimum atomic E-state index is -0.153. The van der Waals surface area contributed by atoms with E-state index < -0.39 is 0 Å². The Morgan fingerprint density at radius 2 is 1.88 bits per heavy atom. The van der Waals surface area contributed by atoms with E-state index in [1.807, 2.05) is 26.0 Å². The number of aliphatic hydroxyl groups is 1. The summed E-state index contributed by atoms with van der Waals surface area (Å²) in [7, 11) is 1.61. The number of benzene rings is 1. The maximum absolute atomic E-state index is 11.3. The Morgan fingerprint density at radius 1 is 1.29 bits per heavy atom. The number of carbonyl (C=O) groups excluding carboxylic acids is 1. The Balaban J connectivity index is 2.60. The van der Waals surface area contributed by atoms with Gasteiger partial charge in [-0.2, -0.15) is 0 Å². The van der Waals surface area contributed by atoms with Crippen molar-refractivity contribution < 1.29 is 9.90 Å². The van der Waals surface area contributed by atoms with E-state index in [-0.39, 0.29) is 17.9 Å². The molecule has 3 N–H and O–H groups in total. The third kappa shape index (κ3) is 4.07. The number of amides is 1. The molecule has 0 aromatic heterocycles. The molecular formula is C13H20N2O2. The average molecular weight is 236 g/mol. The number of anilines is 1. The molecule has 4 heteroatoms. The molecule has 0 heterocycles. The summed E-state index contributed by atoms with van der Waals surface area (Å²) in [6, 6.07) is 7.26. The number of nitrogens with one attached hydrogen (secondary N) is 2. The number of hydrogen-bond acceptors (Lipinski definition) is 3. The van der Waals surface area contributed by atoms with Gasteiger partial charge in [-0.15, -0.1) is 0 Å². The fourth-order valence-electron chi connectivity index (χ4n) is 1.28. The van der Waals surface area contributed by atoms with Gasteiger partial charge in [-0.05, 0) is 24.3 Å². The third-order valence-corrected chi connectivity index (χ3v) is 2.57. The van der Waals surface area contributed by atoms with Crippen LogP contribution in [0.5, 0.6) is 0 Å². The van der Waals surface area contributed by atoms with Gasteiger partial charge < -0.3 is 15.7 Å². The minimum absolute atomic E-state index is 0.0905. The second-order valence-corrected chi connectivity index (χ2v) is 4.83. The second kappa shape index (κ2) is 5.68. The van der Waals surface area contributed by atoms with E-state index >= 15 is 0 Å². The number of hydrogen-bond donors (Lipinski definition) is 3. The van der Waals surface area contributed by atoms with E-state index in [2.05, 4.69) is 10.6 Å². The highest BCUT2D eigenvalue weighted by molar-refractivity contribution is 5.94. The van der Waals surface area contributed by atoms with Crippen LogP contribution in [0.25, 0.3) is 0 Å². The maximum Gasteiger partial charge on any atom is 0.251 e. The summed E-state index contributed by atoms with van der Waals surface area (Å²) < 4.78 is 0. The van der Waals surface area contributed by atoms with E-state index in [0.29, 0.717) is 12.1 Å². The fourth-order valence-corrected chi connectivity index (χ4v) is 1.28. The average Bonchev–Trinajstić information content (AvgIpc) is 2.36. The predicted octanol–water partition coefficient (Wildman–Crippen LogP) is 1.48. The molecule has 0 unspecified atom stereocenters. The maximum atomic E-state index is 11.3. The van der Waals surface area contributed by atoms with E-state index in [9.17, 15) is 4.79 Å². The van der Waals surface area contributed by atoms with Crippen molar-refractivity contribution in [2.45, 2.75) is 13.8 Å². The minimum Gasteiger partial charge on any atom is -0.396 e. The molecule has 0 saturated heterocycles. The second-order valence-electron chi connectivity index (χ2n) is 4.83. The van der Waals surface area contributed by atoms with E-state index in [4.69, 9.17) is 5.11 Å². The first-order valence-corrected chi connectivity index (χ1v) is 5.65. The highest BCUT2D eigenvalue weighted by Crippen LogP contribution is 2.16. The number of carbonyl (C=O) groups is 1. The van der Waals surface area contributed by atoms with Crippen molar-refractivity contribution in [2.24, 2.45) is 5.41 Å². The highest BCUT2D eigenvalue weighted by atomic mass is 16.3. The molecule has 17 heavy (non-hydrogen) atoms. The largest absolute Gasteiger partial charge is 0.396 e. The van der Waals surface area contributed by atoms with Crippen LogP contribution in [-0.4, -0.2) is 31.2 Å². The van der Waals surface area contributed by atoms with Crippen LogP contribution < -0.4 is 10.6 Å². The molecule has 4 nitrogen and oxygen atoms in total. The van der Waals surface area contributed by atoms with Gasteiger partial charge in [0.2, 0.25) is 0 Å². The van der Waals surface area contributed by atoms with E-state index in [0.717, 1.165) is 5.69 Å². The molecule has 0 aliphatic rings. The van der Waals surface area contributed by atoms with Crippen molar-refractivity contribution in [3.05, 3.63) is 29.8 Å². The van der Waals surface area contributed by atoms with E-state index in [1.54, 1.807) is 19.2 Å². The lowest BCUT2D eigenvalue weighted by molar-refractivity contribution is 0.0963. The molecule has 94 valence electrons. The lowest BCUT2D eigenvalue weighted by atomic mass is 9.95. The Hall–Kier alpha value is -1.55. The third-order valence-electron chi connectivity index (χ3n) is 2.57. The highest BCUT2D eigenvalue weighted by Gasteiger charge is 2.15. The molecular weight excluding hydrogens is 216 g/mol. The molecule has 1 amide bonds. The SMILES string of the molecule is CNC(=O)c1ccc(NCC(C)(C)CO)cc1. The molecule has 1 aromatic carbocycles. The topological polar surface area (TPSA) is 61.4 Å². The summed E-state index contributed by atoms with van der Waals surface area (Å²) in [4.78, 5) is 11.3. The van der Waals surface area contributed by atoms with Crippen molar-refractivity contribution in [2.75, 3.05) is 25.5 Å². The molecule has 1 rings (SSSR count). The Labute approximate surface area is 102 Å². The zero-order valence-electron chi connectivity index (χ0n) is 10.6. The van der Waals surface area contributed by atoms with E-state index in [1.165, 1.54) is 0 Å². The Kier molecular flexibility index (Phi) is 4.52. The van der Waals surface area contributed by atoms with Crippen LogP contribution in [0.2, 0.25) is 0 Å². The molecule has 0 bridgehead atoms. The van der Waals surface area contributed by atoms with Crippen LogP contribution in [0.1, 0.15) is 24.2 Å². The van der Waals surface area contributed by atoms with Crippen LogP contribution in [0, 0.1) is 5.41 Å². The van der Waals surface area contributed by atoms with Crippen molar-refractivity contribution >= 4 is 11.6 Å². The van der Waals surface area contributed by atoms with Gasteiger partial charge >= 0.3 is 0 Å². The van der Waals surface area contributed by atoms with Crippen LogP contribution in [-0.2, 0) is 0 Å². The van der Waals surface area contributed by atoms with Gasteiger partial charge in [0.15, 0.2) is 0 Å². The molecule has 0 atom stereocenters. The van der Waals surface area contributed by atoms with Crippen LogP contribution >= 0.6 is 0 Å². The zero-order chi connectivity index (χ0) is 12.9. The molecule has 0 saturated carbocycles. The summed E-state index contributed by atoms with van der Waals surface area (Å²) in [6.07, 6.45) is 0. The molecule has 0 aliphatic carbocycles. The zero-order valence-corrected chi connectivity index (χ0v) is 10.6. The molecule has 0 fully saturated rings. The lowest BCUT2D eigenvalue weighted by Crippen LogP contribution is -2.26. The van der Waals surface area contributed by atoms with Crippen molar-refractivity contribution in [3.63, 3.8) is 0 Å². The molecule has 0 aliphatic heterocycles. The van der Waals surface area contributed by atoms with Crippen LogP contribution in [0.4, 0.5) is 5.69 Å². The lowest BCUT2D eigenvalue weighted by Gasteiger charge is -2.22. The van der Waals surface area contributed by atoms with Crippen molar-refractivity contribution in [1.29, 1.82) is 0 Å². The summed E-state index contributed by atoms with van der Waals surface area (Å²) >= 11 is 0. The summed E-state index contributed by atoms with van der Waals surface area (Å²) in [5.41, 5.74) is 1.43.